The number of aromatic nitrogens is 7. The maximum absolute atomic E-state index is 10.0. The number of aryl methyl sites for hydroxylation is 5. The van der Waals surface area contributed by atoms with E-state index in [9.17, 15) is 4.79 Å². The fraction of sp³-hybridized carbons (Fsp3) is 0.0569. The van der Waals surface area contributed by atoms with Crippen molar-refractivity contribution in [1.29, 1.82) is 0 Å². The minimum absolute atomic E-state index is 0. The Hall–Kier alpha value is -15.1. The molecule has 1 N–H and O–H groups in total. The van der Waals surface area contributed by atoms with Crippen LogP contribution in [0.1, 0.15) is 41.7 Å². The van der Waals surface area contributed by atoms with Gasteiger partial charge in [0, 0.05) is 151 Å². The number of hydrogen-bond acceptors (Lipinski definition) is 13. The zero-order chi connectivity index (χ0) is 93.5. The molecule has 0 bridgehead atoms. The number of para-hydroxylation sites is 4. The van der Waals surface area contributed by atoms with E-state index >= 15 is 0 Å². The van der Waals surface area contributed by atoms with E-state index in [1.54, 1.807) is 12.4 Å². The normalized spacial score (nSPS) is 10.6. The van der Waals surface area contributed by atoms with E-state index in [-0.39, 0.29) is 92.0 Å². The van der Waals surface area contributed by atoms with Gasteiger partial charge in [-0.15, -0.1) is 180 Å². The summed E-state index contributed by atoms with van der Waals surface area (Å²) in [7, 11) is 0. The van der Waals surface area contributed by atoms with Gasteiger partial charge in [0.1, 0.15) is 22.3 Å². The molecule has 24 aromatic rings. The molecule has 0 amide bonds. The number of ketones is 1. The van der Waals surface area contributed by atoms with Crippen LogP contribution in [0.4, 0.5) is 0 Å². The summed E-state index contributed by atoms with van der Waals surface area (Å²) in [6.07, 6.45) is 14.0. The number of benzene rings is 13. The summed E-state index contributed by atoms with van der Waals surface area (Å²) >= 11 is 0. The molecule has 0 spiro atoms. The van der Waals surface area contributed by atoms with Crippen LogP contribution in [0.15, 0.2) is 437 Å². The molecule has 0 aliphatic rings. The van der Waals surface area contributed by atoms with Gasteiger partial charge in [0.15, 0.2) is 5.78 Å². The largest absolute Gasteiger partial charge is 0.512 e. The average molecular weight is 2530 g/mol. The number of fused-ring (bicyclic) bond motifs is 12. The number of hydrogen-bond donors (Lipinski definition) is 1. The van der Waals surface area contributed by atoms with Gasteiger partial charge >= 0.3 is 0 Å². The first-order valence-corrected chi connectivity index (χ1v) is 44.4. The Balaban J connectivity index is 0.000000137. The minimum Gasteiger partial charge on any atom is -0.512 e. The number of aliphatic hydroxyl groups excluding tert-OH is 1. The van der Waals surface area contributed by atoms with Gasteiger partial charge in [-0.3, -0.25) is 4.79 Å². The monoisotopic (exact) mass is 2530 g/mol. The molecule has 11 aromatic heterocycles. The third kappa shape index (κ3) is 25.5. The fourth-order valence-electron chi connectivity index (χ4n) is 15.5. The van der Waals surface area contributed by atoms with Crippen molar-refractivity contribution in [2.45, 2.75) is 48.5 Å². The molecule has 0 aliphatic carbocycles. The maximum atomic E-state index is 10.0. The Kier molecular flexibility index (Phi) is 36.4. The zero-order valence-corrected chi connectivity index (χ0v) is 86.8. The third-order valence-electron chi connectivity index (χ3n) is 22.1. The summed E-state index contributed by atoms with van der Waals surface area (Å²) in [5.41, 5.74) is 30.7. The van der Waals surface area contributed by atoms with Crippen LogP contribution in [0, 0.1) is 77.1 Å². The van der Waals surface area contributed by atoms with E-state index in [4.69, 9.17) is 22.8 Å². The molecule has 4 radical (unpaired) electrons. The predicted octanol–water partition coefficient (Wildman–Crippen LogP) is 31.3. The number of furan rings is 4. The second-order valence-electron chi connectivity index (χ2n) is 32.1. The molecule has 13 aromatic carbocycles. The molecule has 0 atom stereocenters. The second kappa shape index (κ2) is 49.8. The summed E-state index contributed by atoms with van der Waals surface area (Å²) in [6.45, 7) is 13.1. The van der Waals surface area contributed by atoms with Gasteiger partial charge < -0.3 is 57.7 Å². The molecule has 0 saturated heterocycles. The first kappa shape index (κ1) is 102. The van der Waals surface area contributed by atoms with Crippen molar-refractivity contribution in [2.75, 3.05) is 0 Å². The molecular formula is C123H90Ir4N7O6-7. The topological polar surface area (TPSA) is 180 Å². The Morgan fingerprint density at radius 1 is 0.257 bits per heavy atom. The minimum atomic E-state index is -0.125. The first-order chi connectivity index (χ1) is 66.7. The van der Waals surface area contributed by atoms with Crippen LogP contribution >= 0.6 is 0 Å². The zero-order valence-electron chi connectivity index (χ0n) is 77.2. The smallest absolute Gasteiger partial charge is 0.155 e. The number of pyridine rings is 7. The van der Waals surface area contributed by atoms with Crippen molar-refractivity contribution >= 4 is 93.5 Å². The molecule has 0 unspecified atom stereocenters. The van der Waals surface area contributed by atoms with Crippen LogP contribution in [-0.4, -0.2) is 45.8 Å². The number of rotatable bonds is 10. The Labute approximate surface area is 867 Å². The van der Waals surface area contributed by atoms with Crippen LogP contribution in [-0.2, 0) is 85.2 Å². The van der Waals surface area contributed by atoms with Crippen molar-refractivity contribution in [3.8, 4) is 101 Å². The Morgan fingerprint density at radius 3 is 1.00 bits per heavy atom. The number of carbonyl (C=O) groups excluding carboxylic acids is 1. The van der Waals surface area contributed by atoms with E-state index in [0.29, 0.717) is 0 Å². The number of allylic oxidation sites excluding steroid dienone is 2. The number of nitrogens with zero attached hydrogens (tertiary/aromatic N) is 7. The van der Waals surface area contributed by atoms with Crippen LogP contribution in [0.2, 0.25) is 0 Å². The summed E-state index contributed by atoms with van der Waals surface area (Å²) in [6, 6.07) is 144. The predicted molar refractivity (Wildman–Crippen MR) is 550 cm³/mol. The molecule has 0 saturated carbocycles. The van der Waals surface area contributed by atoms with Crippen LogP contribution in [0.5, 0.6) is 0 Å². The Bertz CT molecular complexity index is 8070. The average Bonchev–Trinajstić information content (AvgIpc) is 1.63. The second-order valence-corrected chi connectivity index (χ2v) is 32.1. The van der Waals surface area contributed by atoms with E-state index < -0.39 is 0 Å². The Morgan fingerprint density at radius 2 is 0.607 bits per heavy atom. The first-order valence-electron chi connectivity index (χ1n) is 44.4. The van der Waals surface area contributed by atoms with Gasteiger partial charge in [0.05, 0.1) is 28.1 Å². The van der Waals surface area contributed by atoms with Gasteiger partial charge in [0.25, 0.3) is 0 Å². The number of carbonyl (C=O) groups is 1. The molecular weight excluding hydrogens is 2440 g/mol. The molecule has 0 aliphatic heterocycles. The third-order valence-corrected chi connectivity index (χ3v) is 22.1. The molecule has 140 heavy (non-hydrogen) atoms. The van der Waals surface area contributed by atoms with Crippen molar-refractivity contribution in [3.63, 3.8) is 0 Å². The maximum Gasteiger partial charge on any atom is 0.155 e. The molecule has 24 rings (SSSR count). The quantitative estimate of drug-likeness (QED) is 0.0777. The van der Waals surface area contributed by atoms with Crippen LogP contribution in [0.3, 0.4) is 0 Å². The van der Waals surface area contributed by atoms with Crippen molar-refractivity contribution in [2.24, 2.45) is 0 Å². The molecule has 696 valence electrons. The molecule has 11 heterocycles. The van der Waals surface area contributed by atoms with Gasteiger partial charge in [-0.05, 0) is 176 Å². The van der Waals surface area contributed by atoms with Gasteiger partial charge in [-0.1, -0.05) is 249 Å². The fourth-order valence-corrected chi connectivity index (χ4v) is 15.5. The van der Waals surface area contributed by atoms with Crippen LogP contribution in [0.25, 0.3) is 189 Å². The summed E-state index contributed by atoms with van der Waals surface area (Å²) < 4.78 is 24.3. The molecule has 13 nitrogen and oxygen atoms in total. The van der Waals surface area contributed by atoms with Crippen molar-refractivity contribution < 1.29 is 108 Å². The van der Waals surface area contributed by atoms with E-state index in [2.05, 4.69) is 213 Å². The number of aliphatic hydroxyl groups is 1. The van der Waals surface area contributed by atoms with Crippen molar-refractivity contribution in [3.05, 3.63) is 489 Å². The van der Waals surface area contributed by atoms with Gasteiger partial charge in [0.2, 0.25) is 0 Å². The molecule has 17 heteroatoms. The van der Waals surface area contributed by atoms with Gasteiger partial charge in [-0.25, -0.2) is 0 Å². The van der Waals surface area contributed by atoms with E-state index in [1.165, 1.54) is 53.3 Å². The standard InChI is InChI=1S/C24H16NO.C23H14NO.C19H14NO.C17H10NO.2C12H10N.C11H8N.C5H8O2.4Ir/c1-16-9-11-17(12-10-16)18-13-14-25-22(15-18)21-7-4-6-20-19-5-2-3-8-23(19)26-24(20)21;1-2-7-16(8-3-1)17-13-14-24-21(15-17)20-11-6-10-19-18-9-4-5-12-22(18)25-23(19)20;1-12-9-10-20-17(11-12)16-8-4-7-15-14-6-3-5-13(2)18(14)21-19(15)16;1-2-10-16-12(6-1)13-7-5-8-14(17(13)19-16)15-9-3-4-11-18-15;2*1-10-7-8-12(13-9-10)11-5-3-2-4-6-11;1-2-6-10(7-3-1)11-8-4-5-9-12-11;1-4(6)3-5(2)7;;;;/h2-6,8-15H,1H3;1-10,12-15H;3-7,9-11H,1-2H3;1-7,9-11H;2*2-5,7-9H,1H3;1-6,8-9H;3,6H,1-2H3;;;;/q7*-1;;;;;. The van der Waals surface area contributed by atoms with Gasteiger partial charge in [-0.2, -0.15) is 0 Å². The summed E-state index contributed by atoms with van der Waals surface area (Å²) in [5, 5.41) is 17.3. The molecule has 0 fully saturated rings. The van der Waals surface area contributed by atoms with Crippen LogP contribution < -0.4 is 0 Å². The van der Waals surface area contributed by atoms with Crippen molar-refractivity contribution in [1.82, 2.24) is 34.9 Å². The SMILES string of the molecule is CC(=O)C=C(C)O.Cc1ccc(-c2[c-]cccc2)nc1.Cc1ccc(-c2[c-]cccc2)nc1.Cc1ccc(-c2ccnc(-c3[c-]ccc4c3oc3ccccc34)c2)cc1.Cc1ccnc(-c2[c-]ccc3c2oc2c(C)cccc23)c1.[Ir].[Ir].[Ir].[Ir].[c-]1ccc2c(oc3ccccc32)c1-c1cc(-c2ccccc2)ccn1.[c-]1ccc2c(oc3ccccc32)c1-c1ccccn1.[c-]1ccccc1-c1ccccn1. The van der Waals surface area contributed by atoms with E-state index in [0.717, 1.165) is 183 Å². The van der Waals surface area contributed by atoms with E-state index in [1.807, 2.05) is 294 Å². The summed E-state index contributed by atoms with van der Waals surface area (Å²) in [4.78, 5) is 40.9. The summed E-state index contributed by atoms with van der Waals surface area (Å²) in [5.74, 6) is -0.0625.